The predicted octanol–water partition coefficient (Wildman–Crippen LogP) is 2.94. The highest BCUT2D eigenvalue weighted by atomic mass is 28.2. The maximum absolute atomic E-state index is 5.67. The summed E-state index contributed by atoms with van der Waals surface area (Å²) in [6, 6.07) is 10.7. The van der Waals surface area contributed by atoms with Crippen LogP contribution in [0.4, 0.5) is 0 Å². The first-order chi connectivity index (χ1) is 7.29. The van der Waals surface area contributed by atoms with Crippen LogP contribution in [-0.2, 0) is 10.8 Å². The molecule has 0 atom stereocenters. The van der Waals surface area contributed by atoms with E-state index in [4.69, 9.17) is 4.43 Å². The van der Waals surface area contributed by atoms with E-state index >= 15 is 0 Å². The van der Waals surface area contributed by atoms with Gasteiger partial charge in [-0.05, 0) is 30.4 Å². The lowest BCUT2D eigenvalue weighted by Crippen LogP contribution is -2.04. The van der Waals surface area contributed by atoms with E-state index in [-0.39, 0.29) is 9.76 Å². The van der Waals surface area contributed by atoms with Crippen LogP contribution in [0.25, 0.3) is 0 Å². The second kappa shape index (κ2) is 7.66. The first kappa shape index (κ1) is 12.5. The Kier molecular flexibility index (Phi) is 6.36. The summed E-state index contributed by atoms with van der Waals surface area (Å²) in [6.07, 6.45) is 3.64. The predicted molar refractivity (Wildman–Crippen MR) is 69.0 cm³/mol. The molecule has 0 aromatic heterocycles. The van der Waals surface area contributed by atoms with E-state index in [1.54, 1.807) is 0 Å². The lowest BCUT2D eigenvalue weighted by atomic mass is 10.1. The molecule has 0 bridgehead atoms. The highest BCUT2D eigenvalue weighted by Crippen LogP contribution is 2.05. The average molecular weight is 222 g/mol. The van der Waals surface area contributed by atoms with Crippen LogP contribution in [0.1, 0.15) is 32.3 Å². The Balaban J connectivity index is 1.98. The van der Waals surface area contributed by atoms with Crippen LogP contribution >= 0.6 is 0 Å². The van der Waals surface area contributed by atoms with Gasteiger partial charge >= 0.3 is 0 Å². The highest BCUT2D eigenvalue weighted by molar-refractivity contribution is 6.29. The van der Waals surface area contributed by atoms with Crippen LogP contribution in [0, 0.1) is 0 Å². The summed E-state index contributed by atoms with van der Waals surface area (Å²) in [6.45, 7) is 5.46. The van der Waals surface area contributed by atoms with E-state index in [0.717, 1.165) is 12.1 Å². The molecule has 84 valence electrons. The molecule has 15 heavy (non-hydrogen) atoms. The Morgan fingerprint density at radius 2 is 1.87 bits per heavy atom. The van der Waals surface area contributed by atoms with Gasteiger partial charge < -0.3 is 4.43 Å². The third-order valence-corrected chi connectivity index (χ3v) is 3.49. The molecular formula is C13H22OSi. The minimum atomic E-state index is -0.245. The van der Waals surface area contributed by atoms with E-state index in [1.807, 2.05) is 0 Å². The van der Waals surface area contributed by atoms with Gasteiger partial charge in [0.1, 0.15) is 0 Å². The third kappa shape index (κ3) is 6.47. The quantitative estimate of drug-likeness (QED) is 0.509. The van der Waals surface area contributed by atoms with Crippen LogP contribution in [0.2, 0.25) is 5.54 Å². The second-order valence-corrected chi connectivity index (χ2v) is 6.79. The van der Waals surface area contributed by atoms with Gasteiger partial charge in [0.05, 0.1) is 0 Å². The minimum absolute atomic E-state index is 0.245. The normalized spacial score (nSPS) is 11.7. The fraction of sp³-hybridized carbons (Fsp3) is 0.538. The van der Waals surface area contributed by atoms with Gasteiger partial charge in [0, 0.05) is 6.61 Å². The molecule has 0 heterocycles. The maximum Gasteiger partial charge on any atom is 0.164 e. The summed E-state index contributed by atoms with van der Waals surface area (Å²) in [5.74, 6) is 0. The SMILES string of the molecule is CC(C)[SiH2]OCCCCc1ccccc1. The lowest BCUT2D eigenvalue weighted by Gasteiger charge is -2.06. The Labute approximate surface area is 95.8 Å². The zero-order chi connectivity index (χ0) is 10.9. The van der Waals surface area contributed by atoms with E-state index in [0.29, 0.717) is 0 Å². The van der Waals surface area contributed by atoms with Crippen LogP contribution < -0.4 is 0 Å². The minimum Gasteiger partial charge on any atom is -0.424 e. The smallest absolute Gasteiger partial charge is 0.164 e. The Morgan fingerprint density at radius 1 is 1.13 bits per heavy atom. The van der Waals surface area contributed by atoms with E-state index in [2.05, 4.69) is 44.2 Å². The Bertz CT molecular complexity index is 246. The molecule has 1 rings (SSSR count). The molecule has 0 aliphatic rings. The van der Waals surface area contributed by atoms with Crippen molar-refractivity contribution in [2.75, 3.05) is 6.61 Å². The van der Waals surface area contributed by atoms with Crippen molar-refractivity contribution in [2.24, 2.45) is 0 Å². The summed E-state index contributed by atoms with van der Waals surface area (Å²) in [7, 11) is -0.245. The zero-order valence-electron chi connectivity index (χ0n) is 9.91. The standard InChI is InChI=1S/C13H22OSi/c1-12(2)15-14-11-7-6-10-13-8-4-3-5-9-13/h3-5,8-9,12H,6-7,10-11,15H2,1-2H3. The summed E-state index contributed by atoms with van der Waals surface area (Å²) in [5.41, 5.74) is 2.23. The van der Waals surface area contributed by atoms with Crippen LogP contribution in [0.3, 0.4) is 0 Å². The highest BCUT2D eigenvalue weighted by Gasteiger charge is 1.95. The van der Waals surface area contributed by atoms with Gasteiger partial charge in [-0.2, -0.15) is 0 Å². The van der Waals surface area contributed by atoms with Gasteiger partial charge in [-0.1, -0.05) is 44.2 Å². The zero-order valence-corrected chi connectivity index (χ0v) is 11.3. The van der Waals surface area contributed by atoms with Crippen molar-refractivity contribution in [2.45, 2.75) is 38.7 Å². The Hall–Kier alpha value is -0.603. The number of unbranched alkanes of at least 4 members (excludes halogenated alkanes) is 1. The van der Waals surface area contributed by atoms with Crippen LogP contribution in [-0.4, -0.2) is 16.4 Å². The molecule has 0 saturated carbocycles. The topological polar surface area (TPSA) is 9.23 Å². The fourth-order valence-electron chi connectivity index (χ4n) is 1.50. The van der Waals surface area contributed by atoms with E-state index in [1.165, 1.54) is 24.8 Å². The van der Waals surface area contributed by atoms with Crippen molar-refractivity contribution in [3.8, 4) is 0 Å². The molecule has 0 saturated heterocycles. The molecule has 0 aliphatic heterocycles. The molecule has 0 aliphatic carbocycles. The van der Waals surface area contributed by atoms with Crippen molar-refractivity contribution in [3.05, 3.63) is 35.9 Å². The molecule has 0 N–H and O–H groups in total. The fourth-order valence-corrected chi connectivity index (χ4v) is 2.34. The molecule has 2 heteroatoms. The monoisotopic (exact) mass is 222 g/mol. The largest absolute Gasteiger partial charge is 0.424 e. The second-order valence-electron chi connectivity index (χ2n) is 4.41. The molecule has 0 unspecified atom stereocenters. The van der Waals surface area contributed by atoms with Gasteiger partial charge in [-0.3, -0.25) is 0 Å². The molecule has 1 nitrogen and oxygen atoms in total. The van der Waals surface area contributed by atoms with Gasteiger partial charge in [0.25, 0.3) is 0 Å². The maximum atomic E-state index is 5.67. The number of benzene rings is 1. The number of hydrogen-bond donors (Lipinski definition) is 0. The molecule has 0 spiro atoms. The van der Waals surface area contributed by atoms with Gasteiger partial charge in [-0.25, -0.2) is 0 Å². The number of hydrogen-bond acceptors (Lipinski definition) is 1. The molecule has 1 aromatic rings. The third-order valence-electron chi connectivity index (χ3n) is 2.30. The van der Waals surface area contributed by atoms with Crippen molar-refractivity contribution in [1.82, 2.24) is 0 Å². The van der Waals surface area contributed by atoms with Gasteiger partial charge in [0.2, 0.25) is 0 Å². The number of aryl methyl sites for hydroxylation is 1. The molecular weight excluding hydrogens is 200 g/mol. The first-order valence-corrected chi connectivity index (χ1v) is 7.30. The van der Waals surface area contributed by atoms with Gasteiger partial charge in [0.15, 0.2) is 9.76 Å². The summed E-state index contributed by atoms with van der Waals surface area (Å²) in [4.78, 5) is 0. The van der Waals surface area contributed by atoms with Gasteiger partial charge in [-0.15, -0.1) is 0 Å². The van der Waals surface area contributed by atoms with Crippen molar-refractivity contribution >= 4 is 9.76 Å². The average Bonchev–Trinajstić information content (AvgIpc) is 2.24. The van der Waals surface area contributed by atoms with Crippen LogP contribution in [0.5, 0.6) is 0 Å². The molecule has 0 fully saturated rings. The summed E-state index contributed by atoms with van der Waals surface area (Å²) < 4.78 is 5.67. The van der Waals surface area contributed by atoms with Crippen LogP contribution in [0.15, 0.2) is 30.3 Å². The van der Waals surface area contributed by atoms with Crippen molar-refractivity contribution in [1.29, 1.82) is 0 Å². The first-order valence-electron chi connectivity index (χ1n) is 5.90. The lowest BCUT2D eigenvalue weighted by molar-refractivity contribution is 0.319. The van der Waals surface area contributed by atoms with Crippen molar-refractivity contribution in [3.63, 3.8) is 0 Å². The summed E-state index contributed by atoms with van der Waals surface area (Å²) in [5, 5.41) is 0. The van der Waals surface area contributed by atoms with E-state index < -0.39 is 0 Å². The van der Waals surface area contributed by atoms with E-state index in [9.17, 15) is 0 Å². The molecule has 0 radical (unpaired) electrons. The molecule has 1 aromatic carbocycles. The van der Waals surface area contributed by atoms with Crippen molar-refractivity contribution < 1.29 is 4.43 Å². The molecule has 0 amide bonds. The number of rotatable bonds is 7. The summed E-state index contributed by atoms with van der Waals surface area (Å²) >= 11 is 0. The Morgan fingerprint density at radius 3 is 2.53 bits per heavy atom.